The van der Waals surface area contributed by atoms with Crippen LogP contribution in [0.1, 0.15) is 12.8 Å². The van der Waals surface area contributed by atoms with E-state index in [1.165, 1.54) is 0 Å². The molecular weight excluding hydrogens is 264 g/mol. The van der Waals surface area contributed by atoms with Gasteiger partial charge in [-0.15, -0.1) is 0 Å². The lowest BCUT2D eigenvalue weighted by molar-refractivity contribution is -0.146. The zero-order chi connectivity index (χ0) is 14.2. The normalized spacial score (nSPS) is 12.8. The van der Waals surface area contributed by atoms with E-state index >= 15 is 0 Å². The van der Waals surface area contributed by atoms with Gasteiger partial charge in [-0.05, 0) is 6.42 Å². The number of carbonyl (C=O) groups excluding carboxylic acids is 1. The van der Waals surface area contributed by atoms with E-state index in [2.05, 4.69) is 10.6 Å². The van der Waals surface area contributed by atoms with Crippen LogP contribution in [0.2, 0.25) is 0 Å². The molecule has 0 unspecified atom stereocenters. The number of urea groups is 1. The van der Waals surface area contributed by atoms with Crippen LogP contribution in [-0.2, 0) is 14.6 Å². The van der Waals surface area contributed by atoms with Crippen LogP contribution in [0, 0.1) is 0 Å². The van der Waals surface area contributed by atoms with E-state index in [0.717, 1.165) is 6.26 Å². The molecule has 0 aromatic carbocycles. The summed E-state index contributed by atoms with van der Waals surface area (Å²) in [6.45, 7) is 0.228. The molecular formula is C9H18N2O6S. The second-order valence-corrected chi connectivity index (χ2v) is 6.07. The molecule has 8 nitrogen and oxygen atoms in total. The minimum absolute atomic E-state index is 0.00892. The number of aliphatic carboxylic acids is 1. The molecule has 18 heavy (non-hydrogen) atoms. The van der Waals surface area contributed by atoms with Crippen LogP contribution in [-0.4, -0.2) is 61.8 Å². The lowest BCUT2D eigenvalue weighted by Crippen LogP contribution is -2.38. The summed E-state index contributed by atoms with van der Waals surface area (Å²) >= 11 is 0. The second-order valence-electron chi connectivity index (χ2n) is 3.81. The zero-order valence-electron chi connectivity index (χ0n) is 10.0. The molecule has 0 saturated carbocycles. The van der Waals surface area contributed by atoms with E-state index in [-0.39, 0.29) is 25.3 Å². The molecule has 0 aromatic rings. The highest BCUT2D eigenvalue weighted by Gasteiger charge is 2.12. The van der Waals surface area contributed by atoms with E-state index < -0.39 is 27.9 Å². The maximum absolute atomic E-state index is 11.1. The molecule has 0 aliphatic carbocycles. The van der Waals surface area contributed by atoms with Crippen molar-refractivity contribution in [2.45, 2.75) is 18.9 Å². The van der Waals surface area contributed by atoms with Crippen LogP contribution in [0.25, 0.3) is 0 Å². The maximum Gasteiger partial charge on any atom is 0.332 e. The van der Waals surface area contributed by atoms with Crippen LogP contribution < -0.4 is 10.6 Å². The quantitative estimate of drug-likeness (QED) is 0.403. The summed E-state index contributed by atoms with van der Waals surface area (Å²) in [6, 6.07) is -0.527. The summed E-state index contributed by atoms with van der Waals surface area (Å²) in [5.41, 5.74) is 0. The molecule has 0 heterocycles. The number of carboxylic acid groups (broad SMARTS) is 1. The van der Waals surface area contributed by atoms with Gasteiger partial charge in [-0.2, -0.15) is 0 Å². The van der Waals surface area contributed by atoms with Crippen LogP contribution >= 0.6 is 0 Å². The fourth-order valence-electron chi connectivity index (χ4n) is 1.04. The Labute approximate surface area is 105 Å². The Kier molecular flexibility index (Phi) is 7.29. The minimum atomic E-state index is -3.03. The predicted octanol–water partition coefficient (Wildman–Crippen LogP) is -1.44. The number of carbonyl (C=O) groups is 2. The highest BCUT2D eigenvalue weighted by molar-refractivity contribution is 7.90. The predicted molar refractivity (Wildman–Crippen MR) is 64.0 cm³/mol. The third-order valence-electron chi connectivity index (χ3n) is 1.97. The molecule has 0 aromatic heterocycles. The van der Waals surface area contributed by atoms with E-state index in [9.17, 15) is 18.0 Å². The van der Waals surface area contributed by atoms with Gasteiger partial charge < -0.3 is 20.8 Å². The Balaban J connectivity index is 3.58. The van der Waals surface area contributed by atoms with Gasteiger partial charge in [-0.25, -0.2) is 18.0 Å². The van der Waals surface area contributed by atoms with Crippen LogP contribution in [0.4, 0.5) is 4.79 Å². The van der Waals surface area contributed by atoms with Gasteiger partial charge in [0, 0.05) is 25.8 Å². The fourth-order valence-corrected chi connectivity index (χ4v) is 1.71. The fraction of sp³-hybridized carbons (Fsp3) is 0.778. The number of sulfone groups is 1. The van der Waals surface area contributed by atoms with Crippen molar-refractivity contribution in [1.29, 1.82) is 0 Å². The second kappa shape index (κ2) is 7.88. The van der Waals surface area contributed by atoms with E-state index in [1.54, 1.807) is 0 Å². The average Bonchev–Trinajstić information content (AvgIpc) is 2.22. The molecule has 0 fully saturated rings. The van der Waals surface area contributed by atoms with Gasteiger partial charge in [-0.3, -0.25) is 0 Å². The number of carboxylic acids is 1. The van der Waals surface area contributed by atoms with Crippen molar-refractivity contribution in [2.75, 3.05) is 25.1 Å². The van der Waals surface area contributed by atoms with Crippen LogP contribution in [0.3, 0.4) is 0 Å². The van der Waals surface area contributed by atoms with E-state index in [1.807, 2.05) is 0 Å². The summed E-state index contributed by atoms with van der Waals surface area (Å²) in [5, 5.41) is 22.0. The van der Waals surface area contributed by atoms with Crippen molar-refractivity contribution >= 4 is 21.8 Å². The molecule has 0 saturated heterocycles. The van der Waals surface area contributed by atoms with Gasteiger partial charge in [0.05, 0.1) is 5.75 Å². The highest BCUT2D eigenvalue weighted by atomic mass is 32.2. The number of nitrogens with one attached hydrogen (secondary N) is 2. The van der Waals surface area contributed by atoms with Gasteiger partial charge in [0.1, 0.15) is 9.84 Å². The van der Waals surface area contributed by atoms with Gasteiger partial charge in [0.15, 0.2) is 6.10 Å². The summed E-state index contributed by atoms with van der Waals surface area (Å²) in [7, 11) is -3.03. The minimum Gasteiger partial charge on any atom is -0.479 e. The topological polar surface area (TPSA) is 133 Å². The van der Waals surface area contributed by atoms with Gasteiger partial charge in [-0.1, -0.05) is 0 Å². The third kappa shape index (κ3) is 9.85. The molecule has 0 aliphatic heterocycles. The lowest BCUT2D eigenvalue weighted by Gasteiger charge is -2.08. The Bertz CT molecular complexity index is 381. The number of amides is 2. The Morgan fingerprint density at radius 2 is 1.78 bits per heavy atom. The summed E-state index contributed by atoms with van der Waals surface area (Å²) < 4.78 is 21.6. The smallest absolute Gasteiger partial charge is 0.332 e. The molecule has 0 spiro atoms. The first-order valence-electron chi connectivity index (χ1n) is 5.32. The summed E-state index contributed by atoms with van der Waals surface area (Å²) in [6.07, 6.45) is -0.174. The number of hydrogen-bond donors (Lipinski definition) is 4. The van der Waals surface area contributed by atoms with Gasteiger partial charge >= 0.3 is 12.0 Å². The SMILES string of the molecule is CS(=O)(=O)CCCNC(=O)NCC[C@H](O)C(=O)O. The monoisotopic (exact) mass is 282 g/mol. The average molecular weight is 282 g/mol. The van der Waals surface area contributed by atoms with Crippen molar-refractivity contribution in [3.63, 3.8) is 0 Å². The summed E-state index contributed by atoms with van der Waals surface area (Å²) in [4.78, 5) is 21.4. The van der Waals surface area contributed by atoms with Gasteiger partial charge in [0.2, 0.25) is 0 Å². The van der Waals surface area contributed by atoms with Crippen molar-refractivity contribution < 1.29 is 28.2 Å². The largest absolute Gasteiger partial charge is 0.479 e. The Hall–Kier alpha value is -1.35. The number of aliphatic hydroxyl groups is 1. The molecule has 0 rings (SSSR count). The first-order chi connectivity index (χ1) is 8.22. The van der Waals surface area contributed by atoms with Crippen molar-refractivity contribution in [3.05, 3.63) is 0 Å². The molecule has 0 aliphatic rings. The molecule has 0 radical (unpaired) electrons. The Morgan fingerprint density at radius 1 is 1.22 bits per heavy atom. The standard InChI is InChI=1S/C9H18N2O6S/c1-18(16,17)6-2-4-10-9(15)11-5-3-7(12)8(13)14/h7,12H,2-6H2,1H3,(H,13,14)(H2,10,11,15)/t7-/m0/s1. The molecule has 9 heteroatoms. The number of hydrogen-bond acceptors (Lipinski definition) is 5. The maximum atomic E-state index is 11.1. The summed E-state index contributed by atoms with van der Waals surface area (Å²) in [5.74, 6) is -1.35. The van der Waals surface area contributed by atoms with Gasteiger partial charge in [0.25, 0.3) is 0 Å². The number of aliphatic hydroxyl groups excluding tert-OH is 1. The molecule has 4 N–H and O–H groups in total. The van der Waals surface area contributed by atoms with Crippen molar-refractivity contribution in [3.8, 4) is 0 Å². The first-order valence-corrected chi connectivity index (χ1v) is 7.38. The van der Waals surface area contributed by atoms with Crippen LogP contribution in [0.5, 0.6) is 0 Å². The third-order valence-corrected chi connectivity index (χ3v) is 3.00. The van der Waals surface area contributed by atoms with Crippen molar-refractivity contribution in [2.24, 2.45) is 0 Å². The zero-order valence-corrected chi connectivity index (χ0v) is 10.9. The molecule has 106 valence electrons. The van der Waals surface area contributed by atoms with E-state index in [0.29, 0.717) is 6.42 Å². The molecule has 0 bridgehead atoms. The number of rotatable bonds is 8. The van der Waals surface area contributed by atoms with E-state index in [4.69, 9.17) is 10.2 Å². The van der Waals surface area contributed by atoms with Crippen LogP contribution in [0.15, 0.2) is 0 Å². The van der Waals surface area contributed by atoms with Crippen molar-refractivity contribution in [1.82, 2.24) is 10.6 Å². The lowest BCUT2D eigenvalue weighted by atomic mass is 10.2. The highest BCUT2D eigenvalue weighted by Crippen LogP contribution is 1.89. The Morgan fingerprint density at radius 3 is 2.28 bits per heavy atom. The first kappa shape index (κ1) is 16.6. The molecule has 1 atom stereocenters. The molecule has 2 amide bonds.